The van der Waals surface area contributed by atoms with Crippen molar-refractivity contribution in [2.45, 2.75) is 51.0 Å². The third-order valence-corrected chi connectivity index (χ3v) is 7.43. The number of amides is 1. The number of nitrogens with zero attached hydrogens (tertiary/aromatic N) is 2. The summed E-state index contributed by atoms with van der Waals surface area (Å²) >= 11 is 0. The maximum atomic E-state index is 13.5. The Kier molecular flexibility index (Phi) is 4.16. The van der Waals surface area contributed by atoms with Crippen LogP contribution in [0.15, 0.2) is 42.7 Å². The van der Waals surface area contributed by atoms with Crippen LogP contribution in [0.3, 0.4) is 0 Å². The summed E-state index contributed by atoms with van der Waals surface area (Å²) in [6.45, 7) is 5.24. The molecule has 2 heterocycles. The number of imidazole rings is 1. The topological polar surface area (TPSA) is 69.2 Å². The van der Waals surface area contributed by atoms with Crippen LogP contribution in [0.2, 0.25) is 0 Å². The van der Waals surface area contributed by atoms with Crippen LogP contribution in [-0.2, 0) is 11.8 Å². The highest BCUT2D eigenvalue weighted by molar-refractivity contribution is 5.97. The molecule has 5 heteroatoms. The average molecular weight is 389 g/mol. The quantitative estimate of drug-likeness (QED) is 0.697. The second kappa shape index (κ2) is 6.61. The second-order valence-electron chi connectivity index (χ2n) is 8.52. The van der Waals surface area contributed by atoms with E-state index < -0.39 is 0 Å². The predicted molar refractivity (Wildman–Crippen MR) is 113 cm³/mol. The molecule has 1 aliphatic heterocycles. The number of nitrogens with one attached hydrogen (secondary N) is 1. The molecule has 150 valence electrons. The van der Waals surface area contributed by atoms with Crippen molar-refractivity contribution >= 4 is 16.9 Å². The molecular weight excluding hydrogens is 362 g/mol. The number of phenolic OH excluding ortho intramolecular Hbond substituents is 1. The van der Waals surface area contributed by atoms with E-state index in [0.29, 0.717) is 11.7 Å². The monoisotopic (exact) mass is 389 g/mol. The molecule has 3 aromatic rings. The minimum atomic E-state index is 0.0376. The lowest BCUT2D eigenvalue weighted by molar-refractivity contribution is 0.0111. The van der Waals surface area contributed by atoms with Crippen molar-refractivity contribution in [2.75, 3.05) is 6.54 Å². The third-order valence-electron chi connectivity index (χ3n) is 7.43. The maximum Gasteiger partial charge on any atom is 0.254 e. The molecule has 2 aliphatic rings. The first-order valence-electron chi connectivity index (χ1n) is 10.6. The Bertz CT molecular complexity index is 1090. The maximum absolute atomic E-state index is 13.5. The Balaban J connectivity index is 1.56. The van der Waals surface area contributed by atoms with E-state index in [0.717, 1.165) is 48.8 Å². The molecule has 0 radical (unpaired) electrons. The van der Waals surface area contributed by atoms with Crippen LogP contribution < -0.4 is 0 Å². The van der Waals surface area contributed by atoms with E-state index in [4.69, 9.17) is 0 Å². The molecule has 1 aliphatic carbocycles. The molecule has 1 fully saturated rings. The molecule has 0 spiro atoms. The number of likely N-dealkylation sites (tertiary alicyclic amines) is 1. The van der Waals surface area contributed by atoms with E-state index in [9.17, 15) is 9.90 Å². The van der Waals surface area contributed by atoms with Crippen LogP contribution in [0.1, 0.15) is 54.6 Å². The van der Waals surface area contributed by atoms with Gasteiger partial charge < -0.3 is 15.0 Å². The Morgan fingerprint density at radius 2 is 2.14 bits per heavy atom. The van der Waals surface area contributed by atoms with Crippen LogP contribution in [0.5, 0.6) is 5.75 Å². The lowest BCUT2D eigenvalue weighted by Gasteiger charge is -2.56. The van der Waals surface area contributed by atoms with Gasteiger partial charge in [-0.25, -0.2) is 4.98 Å². The van der Waals surface area contributed by atoms with E-state index in [1.165, 1.54) is 11.1 Å². The summed E-state index contributed by atoms with van der Waals surface area (Å²) < 4.78 is 0. The number of hydrogen-bond acceptors (Lipinski definition) is 3. The molecule has 2 N–H and O–H groups in total. The van der Waals surface area contributed by atoms with Crippen LogP contribution in [-0.4, -0.2) is 38.5 Å². The summed E-state index contributed by atoms with van der Waals surface area (Å²) in [4.78, 5) is 23.0. The average Bonchev–Trinajstić information content (AvgIpc) is 3.21. The van der Waals surface area contributed by atoms with Crippen molar-refractivity contribution in [3.8, 4) is 5.75 Å². The summed E-state index contributed by atoms with van der Waals surface area (Å²) in [5, 5.41) is 10.1. The van der Waals surface area contributed by atoms with Gasteiger partial charge in [-0.3, -0.25) is 4.79 Å². The number of fused-ring (bicyclic) bond motifs is 5. The van der Waals surface area contributed by atoms with E-state index in [1.807, 2.05) is 24.3 Å². The summed E-state index contributed by atoms with van der Waals surface area (Å²) in [5.74, 6) is 0.850. The molecule has 5 nitrogen and oxygen atoms in total. The first kappa shape index (κ1) is 18.2. The second-order valence-corrected chi connectivity index (χ2v) is 8.52. The largest absolute Gasteiger partial charge is 0.508 e. The molecule has 0 saturated carbocycles. The van der Waals surface area contributed by atoms with Crippen molar-refractivity contribution < 1.29 is 9.90 Å². The number of carbonyl (C=O) groups excluding carboxylic acids is 1. The zero-order chi connectivity index (χ0) is 20.2. The highest BCUT2D eigenvalue weighted by atomic mass is 16.3. The summed E-state index contributed by atoms with van der Waals surface area (Å²) in [5.41, 5.74) is 5.11. The Morgan fingerprint density at radius 3 is 2.93 bits per heavy atom. The van der Waals surface area contributed by atoms with Crippen molar-refractivity contribution in [3.05, 3.63) is 59.4 Å². The number of carbonyl (C=O) groups is 1. The first-order chi connectivity index (χ1) is 14.1. The molecule has 2 bridgehead atoms. The number of rotatable bonds is 3. The van der Waals surface area contributed by atoms with Crippen LogP contribution in [0, 0.1) is 5.92 Å². The summed E-state index contributed by atoms with van der Waals surface area (Å²) in [6, 6.07) is 11.7. The van der Waals surface area contributed by atoms with Gasteiger partial charge in [0.15, 0.2) is 0 Å². The molecule has 2 aromatic carbocycles. The van der Waals surface area contributed by atoms with Crippen LogP contribution in [0.25, 0.3) is 11.0 Å². The lowest BCUT2D eigenvalue weighted by Crippen LogP contribution is -2.61. The van der Waals surface area contributed by atoms with Gasteiger partial charge in [-0.15, -0.1) is 0 Å². The predicted octanol–water partition coefficient (Wildman–Crippen LogP) is 4.41. The van der Waals surface area contributed by atoms with Gasteiger partial charge in [0.05, 0.1) is 17.4 Å². The number of benzene rings is 2. The van der Waals surface area contributed by atoms with Gasteiger partial charge in [0.1, 0.15) is 5.75 Å². The lowest BCUT2D eigenvalue weighted by atomic mass is 9.55. The molecule has 3 atom stereocenters. The van der Waals surface area contributed by atoms with Gasteiger partial charge in [0, 0.05) is 23.6 Å². The standard InChI is InChI=1S/C24H27N3O2/c1-3-18-22-12-15-5-7-17(28)13-19(15)24(18,4-2)9-10-27(22)23(29)16-6-8-20-21(11-16)26-14-25-20/h5-8,11,13-14,18,22,28H,3-4,9-10,12H2,1-2H3,(H,25,26)/t18-,22-,24-/m1/s1. The van der Waals surface area contributed by atoms with Crippen LogP contribution >= 0.6 is 0 Å². The highest BCUT2D eigenvalue weighted by Crippen LogP contribution is 2.53. The Labute approximate surface area is 170 Å². The molecular formula is C24H27N3O2. The Hall–Kier alpha value is -2.82. The minimum Gasteiger partial charge on any atom is -0.508 e. The van der Waals surface area contributed by atoms with E-state index in [2.05, 4.69) is 34.8 Å². The fraction of sp³-hybridized carbons (Fsp3) is 0.417. The summed E-state index contributed by atoms with van der Waals surface area (Å²) in [7, 11) is 0. The van der Waals surface area contributed by atoms with Crippen LogP contribution in [0.4, 0.5) is 0 Å². The van der Waals surface area contributed by atoms with Crippen molar-refractivity contribution in [1.29, 1.82) is 0 Å². The van der Waals surface area contributed by atoms with Gasteiger partial charge >= 0.3 is 0 Å². The number of H-pyrrole nitrogens is 1. The normalized spacial score (nSPS) is 25.8. The Morgan fingerprint density at radius 1 is 1.28 bits per heavy atom. The highest BCUT2D eigenvalue weighted by Gasteiger charge is 2.52. The number of hydrogen-bond donors (Lipinski definition) is 2. The van der Waals surface area contributed by atoms with Gasteiger partial charge in [0.2, 0.25) is 0 Å². The summed E-state index contributed by atoms with van der Waals surface area (Å²) in [6.07, 6.45) is 5.51. The molecule has 5 rings (SSSR count). The fourth-order valence-corrected chi connectivity index (χ4v) is 6.05. The van der Waals surface area contributed by atoms with E-state index in [-0.39, 0.29) is 17.4 Å². The smallest absolute Gasteiger partial charge is 0.254 e. The van der Waals surface area contributed by atoms with Crippen molar-refractivity contribution in [3.63, 3.8) is 0 Å². The zero-order valence-corrected chi connectivity index (χ0v) is 17.0. The number of phenols is 1. The first-order valence-corrected chi connectivity index (χ1v) is 10.6. The van der Waals surface area contributed by atoms with Gasteiger partial charge in [0.25, 0.3) is 5.91 Å². The molecule has 1 amide bonds. The van der Waals surface area contributed by atoms with Crippen molar-refractivity contribution in [2.24, 2.45) is 5.92 Å². The fourth-order valence-electron chi connectivity index (χ4n) is 6.05. The molecule has 29 heavy (non-hydrogen) atoms. The molecule has 1 saturated heterocycles. The minimum absolute atomic E-state index is 0.0376. The number of piperidine rings is 1. The van der Waals surface area contributed by atoms with Crippen molar-refractivity contribution in [1.82, 2.24) is 14.9 Å². The third kappa shape index (κ3) is 2.60. The zero-order valence-electron chi connectivity index (χ0n) is 17.0. The number of aromatic hydroxyl groups is 1. The molecule has 1 aromatic heterocycles. The SMILES string of the molecule is CC[C@@H]1[C@H]2Cc3ccc(O)cc3[C@]1(CC)CCN2C(=O)c1ccc2nc[nH]c2c1. The van der Waals surface area contributed by atoms with Gasteiger partial charge in [-0.05, 0) is 66.6 Å². The molecule has 0 unspecified atom stereocenters. The van der Waals surface area contributed by atoms with Gasteiger partial charge in [-0.2, -0.15) is 0 Å². The van der Waals surface area contributed by atoms with E-state index >= 15 is 0 Å². The number of aromatic amines is 1. The van der Waals surface area contributed by atoms with E-state index in [1.54, 1.807) is 12.4 Å². The number of aromatic nitrogens is 2. The van der Waals surface area contributed by atoms with Gasteiger partial charge in [-0.1, -0.05) is 26.3 Å².